The lowest BCUT2D eigenvalue weighted by molar-refractivity contribution is -0.138. The highest BCUT2D eigenvalue weighted by atomic mass is 35.5. The SMILES string of the molecule is CCCN(CC(=O)O)CC(=O)NCc1ccc(OC(F)F)cc1.Cl. The topological polar surface area (TPSA) is 78.9 Å². The highest BCUT2D eigenvalue weighted by Gasteiger charge is 2.13. The van der Waals surface area contributed by atoms with E-state index in [4.69, 9.17) is 5.11 Å². The number of benzene rings is 1. The van der Waals surface area contributed by atoms with Crippen molar-refractivity contribution in [3.8, 4) is 5.75 Å². The largest absolute Gasteiger partial charge is 0.480 e. The minimum absolute atomic E-state index is 0. The Labute approximate surface area is 145 Å². The predicted octanol–water partition coefficient (Wildman–Crippen LogP) is 2.12. The summed E-state index contributed by atoms with van der Waals surface area (Å²) in [5.41, 5.74) is 0.722. The molecule has 2 N–H and O–H groups in total. The van der Waals surface area contributed by atoms with Crippen LogP contribution in [-0.2, 0) is 16.1 Å². The van der Waals surface area contributed by atoms with Gasteiger partial charge in [-0.3, -0.25) is 14.5 Å². The van der Waals surface area contributed by atoms with E-state index in [1.807, 2.05) is 6.92 Å². The van der Waals surface area contributed by atoms with Crippen molar-refractivity contribution >= 4 is 24.3 Å². The standard InChI is InChI=1S/C15H20F2N2O4.ClH/c1-2-7-19(10-14(21)22)9-13(20)18-8-11-3-5-12(6-4-11)23-15(16)17;/h3-6,15H,2,7-10H2,1H3,(H,18,20)(H,21,22);1H. The zero-order valence-electron chi connectivity index (χ0n) is 13.2. The van der Waals surface area contributed by atoms with Crippen LogP contribution in [0.4, 0.5) is 8.78 Å². The summed E-state index contributed by atoms with van der Waals surface area (Å²) in [5, 5.41) is 11.4. The number of rotatable bonds is 10. The summed E-state index contributed by atoms with van der Waals surface area (Å²) in [6, 6.07) is 5.92. The minimum atomic E-state index is -2.88. The molecule has 0 spiro atoms. The van der Waals surface area contributed by atoms with Crippen LogP contribution in [0.15, 0.2) is 24.3 Å². The van der Waals surface area contributed by atoms with E-state index in [0.717, 1.165) is 12.0 Å². The number of alkyl halides is 2. The Balaban J connectivity index is 0.00000529. The first-order chi connectivity index (χ1) is 10.9. The normalized spacial score (nSPS) is 10.4. The highest BCUT2D eigenvalue weighted by Crippen LogP contribution is 2.14. The zero-order chi connectivity index (χ0) is 17.2. The molecule has 1 amide bonds. The van der Waals surface area contributed by atoms with Crippen molar-refractivity contribution in [1.29, 1.82) is 0 Å². The number of nitrogens with zero attached hydrogens (tertiary/aromatic N) is 1. The summed E-state index contributed by atoms with van der Waals surface area (Å²) in [7, 11) is 0. The molecule has 0 atom stereocenters. The molecule has 0 saturated heterocycles. The monoisotopic (exact) mass is 366 g/mol. The third-order valence-corrected chi connectivity index (χ3v) is 2.90. The molecule has 0 unspecified atom stereocenters. The maximum Gasteiger partial charge on any atom is 0.387 e. The van der Waals surface area contributed by atoms with Crippen molar-refractivity contribution in [2.45, 2.75) is 26.5 Å². The molecule has 1 rings (SSSR count). The van der Waals surface area contributed by atoms with Crippen molar-refractivity contribution in [3.05, 3.63) is 29.8 Å². The first-order valence-electron chi connectivity index (χ1n) is 7.15. The highest BCUT2D eigenvalue weighted by molar-refractivity contribution is 5.85. The van der Waals surface area contributed by atoms with E-state index in [1.165, 1.54) is 17.0 Å². The lowest BCUT2D eigenvalue weighted by atomic mass is 10.2. The van der Waals surface area contributed by atoms with Gasteiger partial charge in [-0.25, -0.2) is 0 Å². The van der Waals surface area contributed by atoms with Crippen LogP contribution in [0, 0.1) is 0 Å². The van der Waals surface area contributed by atoms with Gasteiger partial charge < -0.3 is 15.2 Å². The van der Waals surface area contributed by atoms with Crippen LogP contribution in [-0.4, -0.2) is 48.1 Å². The summed E-state index contributed by atoms with van der Waals surface area (Å²) in [6.07, 6.45) is 0.742. The molecule has 1 aromatic carbocycles. The molecule has 0 aliphatic rings. The molecule has 0 aliphatic heterocycles. The third-order valence-electron chi connectivity index (χ3n) is 2.90. The maximum atomic E-state index is 12.0. The lowest BCUT2D eigenvalue weighted by Crippen LogP contribution is -2.39. The minimum Gasteiger partial charge on any atom is -0.480 e. The molecule has 6 nitrogen and oxygen atoms in total. The summed E-state index contributed by atoms with van der Waals surface area (Å²) < 4.78 is 28.3. The van der Waals surface area contributed by atoms with Gasteiger partial charge in [-0.15, -0.1) is 12.4 Å². The molecule has 24 heavy (non-hydrogen) atoms. The number of nitrogens with one attached hydrogen (secondary N) is 1. The number of hydrogen-bond acceptors (Lipinski definition) is 4. The van der Waals surface area contributed by atoms with Gasteiger partial charge in [-0.1, -0.05) is 19.1 Å². The number of carboxylic acid groups (broad SMARTS) is 1. The Morgan fingerprint density at radius 1 is 1.25 bits per heavy atom. The molecule has 0 saturated carbocycles. The third kappa shape index (κ3) is 9.26. The van der Waals surface area contributed by atoms with E-state index in [9.17, 15) is 18.4 Å². The summed E-state index contributed by atoms with van der Waals surface area (Å²) in [6.45, 7) is -0.441. The van der Waals surface area contributed by atoms with Crippen LogP contribution >= 0.6 is 12.4 Å². The van der Waals surface area contributed by atoms with Gasteiger partial charge in [0.2, 0.25) is 5.91 Å². The van der Waals surface area contributed by atoms with E-state index in [-0.39, 0.29) is 43.7 Å². The zero-order valence-corrected chi connectivity index (χ0v) is 14.0. The van der Waals surface area contributed by atoms with E-state index in [2.05, 4.69) is 10.1 Å². The maximum absolute atomic E-state index is 12.0. The fourth-order valence-electron chi connectivity index (χ4n) is 1.97. The molecular weight excluding hydrogens is 346 g/mol. The van der Waals surface area contributed by atoms with Crippen molar-refractivity contribution in [3.63, 3.8) is 0 Å². The number of carboxylic acids is 1. The summed E-state index contributed by atoms with van der Waals surface area (Å²) in [4.78, 5) is 24.1. The number of aliphatic carboxylic acids is 1. The lowest BCUT2D eigenvalue weighted by Gasteiger charge is -2.18. The second-order valence-electron chi connectivity index (χ2n) is 4.90. The molecule has 0 aliphatic carbocycles. The summed E-state index contributed by atoms with van der Waals surface area (Å²) >= 11 is 0. The summed E-state index contributed by atoms with van der Waals surface area (Å²) in [5.74, 6) is -1.24. The van der Waals surface area contributed by atoms with Gasteiger partial charge >= 0.3 is 12.6 Å². The van der Waals surface area contributed by atoms with Crippen LogP contribution < -0.4 is 10.1 Å². The van der Waals surface area contributed by atoms with Gasteiger partial charge in [-0.2, -0.15) is 8.78 Å². The Kier molecular flexibility index (Phi) is 10.7. The van der Waals surface area contributed by atoms with Crippen LogP contribution in [0.25, 0.3) is 0 Å². The van der Waals surface area contributed by atoms with Gasteiger partial charge in [0.15, 0.2) is 0 Å². The fourth-order valence-corrected chi connectivity index (χ4v) is 1.97. The van der Waals surface area contributed by atoms with Crippen LogP contribution in [0.3, 0.4) is 0 Å². The molecule has 0 bridgehead atoms. The molecule has 0 aromatic heterocycles. The molecular formula is C15H21ClF2N2O4. The number of hydrogen-bond donors (Lipinski definition) is 2. The second kappa shape index (κ2) is 11.6. The van der Waals surface area contributed by atoms with Gasteiger partial charge in [0.1, 0.15) is 5.75 Å². The Bertz CT molecular complexity index is 515. The van der Waals surface area contributed by atoms with Crippen molar-refractivity contribution < 1.29 is 28.2 Å². The van der Waals surface area contributed by atoms with Crippen molar-refractivity contribution in [2.24, 2.45) is 0 Å². The van der Waals surface area contributed by atoms with Gasteiger partial charge in [0, 0.05) is 6.54 Å². The van der Waals surface area contributed by atoms with Crippen LogP contribution in [0.1, 0.15) is 18.9 Å². The van der Waals surface area contributed by atoms with E-state index in [1.54, 1.807) is 12.1 Å². The van der Waals surface area contributed by atoms with Crippen molar-refractivity contribution in [1.82, 2.24) is 10.2 Å². The van der Waals surface area contributed by atoms with Crippen LogP contribution in [0.2, 0.25) is 0 Å². The van der Waals surface area contributed by atoms with Crippen molar-refractivity contribution in [2.75, 3.05) is 19.6 Å². The Morgan fingerprint density at radius 2 is 1.88 bits per heavy atom. The molecule has 9 heteroatoms. The average Bonchev–Trinajstić information content (AvgIpc) is 2.45. The van der Waals surface area contributed by atoms with Crippen LogP contribution in [0.5, 0.6) is 5.75 Å². The number of halogens is 3. The quantitative estimate of drug-likeness (QED) is 0.663. The van der Waals surface area contributed by atoms with Gasteiger partial charge in [-0.05, 0) is 30.7 Å². The first-order valence-corrected chi connectivity index (χ1v) is 7.15. The molecule has 136 valence electrons. The Morgan fingerprint density at radius 3 is 2.38 bits per heavy atom. The fraction of sp³-hybridized carbons (Fsp3) is 0.467. The molecule has 0 heterocycles. The number of ether oxygens (including phenoxy) is 1. The van der Waals surface area contributed by atoms with E-state index >= 15 is 0 Å². The number of amides is 1. The Hall–Kier alpha value is -1.93. The number of carbonyl (C=O) groups is 2. The average molecular weight is 367 g/mol. The number of carbonyl (C=O) groups excluding carboxylic acids is 1. The first kappa shape index (κ1) is 22.1. The predicted molar refractivity (Wildman–Crippen MR) is 86.5 cm³/mol. The van der Waals surface area contributed by atoms with E-state index in [0.29, 0.717) is 6.54 Å². The van der Waals surface area contributed by atoms with E-state index < -0.39 is 12.6 Å². The molecule has 1 aromatic rings. The van der Waals surface area contributed by atoms with Gasteiger partial charge in [0.05, 0.1) is 13.1 Å². The van der Waals surface area contributed by atoms with Gasteiger partial charge in [0.25, 0.3) is 0 Å². The smallest absolute Gasteiger partial charge is 0.387 e. The second-order valence-corrected chi connectivity index (χ2v) is 4.90. The molecule has 0 fully saturated rings. The molecule has 0 radical (unpaired) electrons.